The molecule has 1 amide bonds. The molecule has 2 bridgehead atoms. The van der Waals surface area contributed by atoms with Crippen molar-refractivity contribution in [3.05, 3.63) is 29.5 Å². The van der Waals surface area contributed by atoms with E-state index in [1.54, 1.807) is 0 Å². The quantitative estimate of drug-likeness (QED) is 0.626. The fourth-order valence-corrected chi connectivity index (χ4v) is 5.24. The first kappa shape index (κ1) is 19.2. The maximum atomic E-state index is 12.1. The number of benzene rings is 1. The van der Waals surface area contributed by atoms with E-state index >= 15 is 0 Å². The summed E-state index contributed by atoms with van der Waals surface area (Å²) in [5.74, 6) is 2.82. The van der Waals surface area contributed by atoms with Crippen LogP contribution in [0.4, 0.5) is 0 Å². The van der Waals surface area contributed by atoms with Crippen LogP contribution in [-0.2, 0) is 0 Å². The third kappa shape index (κ3) is 3.61. The molecule has 0 aliphatic carbocycles. The van der Waals surface area contributed by atoms with E-state index < -0.39 is 14.0 Å². The average molecular weight is 395 g/mol. The highest BCUT2D eigenvalue weighted by atomic mass is 28.3. The zero-order valence-corrected chi connectivity index (χ0v) is 18.3. The van der Waals surface area contributed by atoms with E-state index in [4.69, 9.17) is 10.8 Å². The number of rotatable bonds is 2. The van der Waals surface area contributed by atoms with Crippen molar-refractivity contribution in [2.45, 2.75) is 69.9 Å². The molecule has 0 spiro atoms. The number of primary amides is 1. The van der Waals surface area contributed by atoms with Crippen LogP contribution in [0.2, 0.25) is 19.6 Å². The third-order valence-corrected chi connectivity index (χ3v) is 7.06. The minimum absolute atomic E-state index is 0.320. The molecule has 0 radical (unpaired) electrons. The van der Waals surface area contributed by atoms with Crippen LogP contribution in [0.15, 0.2) is 18.2 Å². The molecule has 2 aromatic rings. The largest absolute Gasteiger partial charge is 0.364 e. The zero-order valence-electron chi connectivity index (χ0n) is 17.3. The van der Waals surface area contributed by atoms with E-state index in [9.17, 15) is 4.79 Å². The van der Waals surface area contributed by atoms with Crippen molar-refractivity contribution in [3.8, 4) is 11.5 Å². The molecule has 2 aliphatic rings. The minimum atomic E-state index is -1.46. The van der Waals surface area contributed by atoms with E-state index in [0.717, 1.165) is 29.3 Å². The fraction of sp³-hybridized carbons (Fsp3) is 0.545. The molecule has 2 unspecified atom stereocenters. The predicted molar refractivity (Wildman–Crippen MR) is 116 cm³/mol. The third-order valence-electron chi connectivity index (χ3n) is 6.18. The van der Waals surface area contributed by atoms with E-state index in [-0.39, 0.29) is 0 Å². The van der Waals surface area contributed by atoms with Crippen molar-refractivity contribution >= 4 is 24.9 Å². The van der Waals surface area contributed by atoms with E-state index in [0.29, 0.717) is 23.8 Å². The second-order valence-corrected chi connectivity index (χ2v) is 14.2. The van der Waals surface area contributed by atoms with Gasteiger partial charge in [-0.2, -0.15) is 5.10 Å². The smallest absolute Gasteiger partial charge is 0.269 e. The Morgan fingerprint density at radius 2 is 1.86 bits per heavy atom. The normalized spacial score (nSPS) is 25.4. The van der Waals surface area contributed by atoms with E-state index in [1.807, 2.05) is 12.1 Å². The molecule has 1 aromatic carbocycles. The van der Waals surface area contributed by atoms with Gasteiger partial charge in [0.15, 0.2) is 5.69 Å². The number of carbonyl (C=O) groups is 1. The van der Waals surface area contributed by atoms with Crippen LogP contribution in [0.5, 0.6) is 0 Å². The molecule has 2 N–H and O–H groups in total. The lowest BCUT2D eigenvalue weighted by Gasteiger charge is -2.47. The molecule has 2 atom stereocenters. The Kier molecular flexibility index (Phi) is 4.84. The summed E-state index contributed by atoms with van der Waals surface area (Å²) in [5.41, 5.74) is 11.4. The number of nitrogens with two attached hydrogens (primary N) is 1. The molecule has 6 heteroatoms. The number of amides is 1. The van der Waals surface area contributed by atoms with Gasteiger partial charge in [0.2, 0.25) is 0 Å². The van der Waals surface area contributed by atoms with Crippen molar-refractivity contribution in [2.24, 2.45) is 5.73 Å². The topological polar surface area (TPSA) is 64.2 Å². The summed E-state index contributed by atoms with van der Waals surface area (Å²) in [5, 5.41) is 5.53. The second-order valence-electron chi connectivity index (χ2n) is 9.42. The van der Waals surface area contributed by atoms with Crippen LogP contribution < -0.4 is 5.73 Å². The van der Waals surface area contributed by atoms with Gasteiger partial charge in [-0.25, -0.2) is 0 Å². The van der Waals surface area contributed by atoms with Crippen LogP contribution in [0.25, 0.3) is 10.9 Å². The molecular weight excluding hydrogens is 364 g/mol. The first-order valence-electron chi connectivity index (χ1n) is 10.3. The highest BCUT2D eigenvalue weighted by Crippen LogP contribution is 2.39. The Balaban J connectivity index is 1.75. The van der Waals surface area contributed by atoms with Gasteiger partial charge in [0.25, 0.3) is 5.91 Å². The van der Waals surface area contributed by atoms with Gasteiger partial charge in [0.05, 0.1) is 11.6 Å². The molecule has 148 valence electrons. The van der Waals surface area contributed by atoms with Gasteiger partial charge < -0.3 is 10.6 Å². The van der Waals surface area contributed by atoms with Crippen molar-refractivity contribution in [1.82, 2.24) is 14.7 Å². The number of aromatic nitrogens is 2. The Morgan fingerprint density at radius 3 is 2.46 bits per heavy atom. The van der Waals surface area contributed by atoms with Crippen molar-refractivity contribution in [1.29, 1.82) is 0 Å². The first-order chi connectivity index (χ1) is 13.2. The van der Waals surface area contributed by atoms with Gasteiger partial charge in [-0.05, 0) is 50.9 Å². The molecular formula is C22H30N4OSi. The molecule has 2 saturated heterocycles. The summed E-state index contributed by atoms with van der Waals surface area (Å²) >= 11 is 0. The van der Waals surface area contributed by atoms with Crippen LogP contribution in [0.3, 0.4) is 0 Å². The summed E-state index contributed by atoms with van der Waals surface area (Å²) in [6, 6.07) is 7.64. The van der Waals surface area contributed by atoms with Crippen molar-refractivity contribution in [3.63, 3.8) is 0 Å². The van der Waals surface area contributed by atoms with Gasteiger partial charge in [0, 0.05) is 23.0 Å². The number of carbonyl (C=O) groups excluding carboxylic acids is 1. The Labute approximate surface area is 168 Å². The van der Waals surface area contributed by atoms with Gasteiger partial charge in [-0.3, -0.25) is 9.48 Å². The molecule has 1 aromatic heterocycles. The summed E-state index contributed by atoms with van der Waals surface area (Å²) < 4.78 is 2.07. The van der Waals surface area contributed by atoms with Gasteiger partial charge in [0.1, 0.15) is 8.07 Å². The summed E-state index contributed by atoms with van der Waals surface area (Å²) in [7, 11) is 0.792. The molecule has 0 saturated carbocycles. The lowest BCUT2D eigenvalue weighted by molar-refractivity contribution is 0.0379. The Morgan fingerprint density at radius 1 is 1.18 bits per heavy atom. The van der Waals surface area contributed by atoms with Crippen LogP contribution >= 0.6 is 0 Å². The van der Waals surface area contributed by atoms with E-state index in [2.05, 4.69) is 53.8 Å². The molecule has 5 nitrogen and oxygen atoms in total. The fourth-order valence-electron chi connectivity index (χ4n) is 4.73. The first-order valence-corrected chi connectivity index (χ1v) is 13.8. The number of nitrogens with zero attached hydrogens (tertiary/aromatic N) is 3. The summed E-state index contributed by atoms with van der Waals surface area (Å²) in [6.45, 7) is 6.67. The monoisotopic (exact) mass is 394 g/mol. The highest BCUT2D eigenvalue weighted by molar-refractivity contribution is 6.83. The molecule has 4 rings (SSSR count). The Bertz CT molecular complexity index is 964. The van der Waals surface area contributed by atoms with Gasteiger partial charge in [-0.15, -0.1) is 5.54 Å². The second kappa shape index (κ2) is 7.05. The standard InChI is InChI=1S/C22H30N4OSi/c1-25-16-6-5-7-17(25)14-18(13-16)26-20-9-8-15(10-11-28(2,3)4)12-19(20)21(24-26)22(23)27/h8-9,12,16-18H,5-7,13-14H2,1-4H3,(H2,23,27). The maximum absolute atomic E-state index is 12.1. The number of fused-ring (bicyclic) bond motifs is 3. The summed E-state index contributed by atoms with van der Waals surface area (Å²) in [4.78, 5) is 14.6. The summed E-state index contributed by atoms with van der Waals surface area (Å²) in [6.07, 6.45) is 5.99. The molecule has 3 heterocycles. The maximum Gasteiger partial charge on any atom is 0.269 e. The van der Waals surface area contributed by atoms with Crippen molar-refractivity contribution in [2.75, 3.05) is 7.05 Å². The SMILES string of the molecule is CN1C2CCCC1CC(n1nc(C(N)=O)c3cc(C#C[Si](C)(C)C)ccc31)C2. The average Bonchev–Trinajstić information content (AvgIpc) is 2.98. The predicted octanol–water partition coefficient (Wildman–Crippen LogP) is 3.55. The molecule has 2 fully saturated rings. The molecule has 2 aliphatic heterocycles. The number of hydrogen-bond donors (Lipinski definition) is 1. The lowest BCUT2D eigenvalue weighted by Crippen LogP contribution is -2.50. The molecule has 28 heavy (non-hydrogen) atoms. The lowest BCUT2D eigenvalue weighted by atomic mass is 9.82. The van der Waals surface area contributed by atoms with E-state index in [1.165, 1.54) is 19.3 Å². The Hall–Kier alpha value is -2.10. The van der Waals surface area contributed by atoms with Gasteiger partial charge >= 0.3 is 0 Å². The van der Waals surface area contributed by atoms with Crippen LogP contribution in [-0.4, -0.2) is 47.8 Å². The highest BCUT2D eigenvalue weighted by Gasteiger charge is 2.37. The van der Waals surface area contributed by atoms with Crippen molar-refractivity contribution < 1.29 is 4.79 Å². The number of hydrogen-bond acceptors (Lipinski definition) is 3. The number of piperidine rings is 2. The van der Waals surface area contributed by atoms with Crippen LogP contribution in [0, 0.1) is 11.5 Å². The van der Waals surface area contributed by atoms with Gasteiger partial charge in [-0.1, -0.05) is 32.0 Å². The zero-order chi connectivity index (χ0) is 20.1. The van der Waals surface area contributed by atoms with Crippen LogP contribution in [0.1, 0.15) is 54.2 Å². The minimum Gasteiger partial charge on any atom is -0.364 e.